The first-order chi connectivity index (χ1) is 9.81. The molecule has 0 aliphatic carbocycles. The second-order valence-electron chi connectivity index (χ2n) is 3.73. The van der Waals surface area contributed by atoms with Gasteiger partial charge < -0.3 is 10.1 Å². The molecule has 0 bridgehead atoms. The van der Waals surface area contributed by atoms with Gasteiger partial charge in [0, 0.05) is 11.8 Å². The van der Waals surface area contributed by atoms with E-state index in [-0.39, 0.29) is 5.69 Å². The number of benzene rings is 1. The molecule has 1 aromatic carbocycles. The summed E-state index contributed by atoms with van der Waals surface area (Å²) in [7, 11) is 1.20. The molecule has 0 radical (unpaired) electrons. The minimum atomic E-state index is -4.87. The van der Waals surface area contributed by atoms with Crippen LogP contribution in [-0.2, 0) is 19.1 Å². The van der Waals surface area contributed by atoms with Gasteiger partial charge in [-0.15, -0.1) is 13.2 Å². The minimum Gasteiger partial charge on any atom is -0.466 e. The number of para-hydroxylation sites is 1. The van der Waals surface area contributed by atoms with Crippen molar-refractivity contribution in [3.63, 3.8) is 0 Å². The molecule has 1 amide bonds. The van der Waals surface area contributed by atoms with Gasteiger partial charge in [0.15, 0.2) is 0 Å². The number of amides is 1. The largest absolute Gasteiger partial charge is 0.523 e. The van der Waals surface area contributed by atoms with Gasteiger partial charge in [0.05, 0.1) is 7.11 Å². The highest BCUT2D eigenvalue weighted by Crippen LogP contribution is 2.18. The zero-order chi connectivity index (χ0) is 15.9. The van der Waals surface area contributed by atoms with Crippen molar-refractivity contribution in [1.82, 2.24) is 0 Å². The maximum Gasteiger partial charge on any atom is 0.523 e. The summed E-state index contributed by atoms with van der Waals surface area (Å²) in [5.74, 6) is -1.57. The zero-order valence-electron chi connectivity index (χ0n) is 10.9. The van der Waals surface area contributed by atoms with Gasteiger partial charge in [0.2, 0.25) is 0 Å². The molecule has 0 fully saturated rings. The SMILES string of the molecule is COC(=O)/C=C/c1ccccc1NC(=O)COC(F)(F)F. The van der Waals surface area contributed by atoms with Gasteiger partial charge >= 0.3 is 12.3 Å². The van der Waals surface area contributed by atoms with Crippen molar-refractivity contribution < 1.29 is 32.2 Å². The number of hydrogen-bond donors (Lipinski definition) is 1. The highest BCUT2D eigenvalue weighted by molar-refractivity contribution is 5.95. The Balaban J connectivity index is 2.73. The highest BCUT2D eigenvalue weighted by atomic mass is 19.4. The van der Waals surface area contributed by atoms with E-state index in [1.54, 1.807) is 18.2 Å². The first-order valence-corrected chi connectivity index (χ1v) is 5.67. The lowest BCUT2D eigenvalue weighted by Gasteiger charge is -2.10. The number of halogens is 3. The highest BCUT2D eigenvalue weighted by Gasteiger charge is 2.30. The van der Waals surface area contributed by atoms with E-state index in [0.717, 1.165) is 6.08 Å². The predicted octanol–water partition coefficient (Wildman–Crippen LogP) is 2.35. The van der Waals surface area contributed by atoms with E-state index in [4.69, 9.17) is 0 Å². The van der Waals surface area contributed by atoms with Gasteiger partial charge in [-0.3, -0.25) is 9.53 Å². The second-order valence-corrected chi connectivity index (χ2v) is 3.73. The fourth-order valence-corrected chi connectivity index (χ4v) is 1.32. The van der Waals surface area contributed by atoms with Crippen LogP contribution < -0.4 is 5.32 Å². The van der Waals surface area contributed by atoms with Gasteiger partial charge in [0.1, 0.15) is 6.61 Å². The minimum absolute atomic E-state index is 0.244. The van der Waals surface area contributed by atoms with Crippen LogP contribution in [0.25, 0.3) is 6.08 Å². The van der Waals surface area contributed by atoms with Crippen LogP contribution in [0.2, 0.25) is 0 Å². The molecule has 1 rings (SSSR count). The molecule has 0 unspecified atom stereocenters. The van der Waals surface area contributed by atoms with Crippen molar-refractivity contribution in [2.24, 2.45) is 0 Å². The van der Waals surface area contributed by atoms with E-state index >= 15 is 0 Å². The van der Waals surface area contributed by atoms with E-state index in [1.165, 1.54) is 19.3 Å². The third-order valence-corrected chi connectivity index (χ3v) is 2.20. The van der Waals surface area contributed by atoms with Gasteiger partial charge in [-0.2, -0.15) is 0 Å². The van der Waals surface area contributed by atoms with Crippen molar-refractivity contribution in [2.75, 3.05) is 19.0 Å². The van der Waals surface area contributed by atoms with E-state index < -0.39 is 24.8 Å². The average Bonchev–Trinajstić information content (AvgIpc) is 2.43. The summed E-state index contributed by atoms with van der Waals surface area (Å²) in [4.78, 5) is 22.3. The molecule has 0 aliphatic heterocycles. The zero-order valence-corrected chi connectivity index (χ0v) is 10.9. The number of alkyl halides is 3. The molecule has 1 aromatic rings. The predicted molar refractivity (Wildman–Crippen MR) is 68.1 cm³/mol. The quantitative estimate of drug-likeness (QED) is 0.670. The van der Waals surface area contributed by atoms with Crippen molar-refractivity contribution in [3.05, 3.63) is 35.9 Å². The van der Waals surface area contributed by atoms with Crippen LogP contribution in [0.3, 0.4) is 0 Å². The monoisotopic (exact) mass is 303 g/mol. The molecular formula is C13H12F3NO4. The van der Waals surface area contributed by atoms with Crippen LogP contribution in [0, 0.1) is 0 Å². The van der Waals surface area contributed by atoms with Crippen LogP contribution in [0.5, 0.6) is 0 Å². The molecule has 0 aromatic heterocycles. The van der Waals surface area contributed by atoms with Crippen LogP contribution in [0.15, 0.2) is 30.3 Å². The van der Waals surface area contributed by atoms with Crippen LogP contribution in [-0.4, -0.2) is 32.0 Å². The van der Waals surface area contributed by atoms with Crippen LogP contribution in [0.1, 0.15) is 5.56 Å². The number of hydrogen-bond acceptors (Lipinski definition) is 4. The first-order valence-electron chi connectivity index (χ1n) is 5.67. The summed E-state index contributed by atoms with van der Waals surface area (Å²) < 4.78 is 43.3. The Labute approximate surface area is 118 Å². The molecule has 0 saturated carbocycles. The number of anilines is 1. The first kappa shape index (κ1) is 16.7. The lowest BCUT2D eigenvalue weighted by molar-refractivity contribution is -0.320. The number of carbonyl (C=O) groups excluding carboxylic acids is 2. The lowest BCUT2D eigenvalue weighted by Crippen LogP contribution is -2.24. The number of carbonyl (C=O) groups is 2. The summed E-state index contributed by atoms with van der Waals surface area (Å²) >= 11 is 0. The standard InChI is InChI=1S/C13H12F3NO4/c1-20-12(19)7-6-9-4-2-3-5-10(9)17-11(18)8-21-13(14,15)16/h2-7H,8H2,1H3,(H,17,18)/b7-6+. The molecule has 114 valence electrons. The maximum absolute atomic E-state index is 11.8. The Hall–Kier alpha value is -2.35. The van der Waals surface area contributed by atoms with E-state index in [1.807, 2.05) is 0 Å². The average molecular weight is 303 g/mol. The molecule has 5 nitrogen and oxygen atoms in total. The molecule has 0 spiro atoms. The third-order valence-electron chi connectivity index (χ3n) is 2.20. The topological polar surface area (TPSA) is 64.6 Å². The van der Waals surface area contributed by atoms with Gasteiger partial charge in [-0.25, -0.2) is 4.79 Å². The van der Waals surface area contributed by atoms with Gasteiger partial charge in [-0.1, -0.05) is 18.2 Å². The number of methoxy groups -OCH3 is 1. The maximum atomic E-state index is 11.8. The Kier molecular flexibility index (Phi) is 5.92. The number of nitrogens with one attached hydrogen (secondary N) is 1. The molecule has 21 heavy (non-hydrogen) atoms. The van der Waals surface area contributed by atoms with Gasteiger partial charge in [0.25, 0.3) is 5.91 Å². The normalized spacial score (nSPS) is 11.4. The smallest absolute Gasteiger partial charge is 0.466 e. The number of rotatable bonds is 5. The molecule has 0 saturated heterocycles. The molecule has 1 N–H and O–H groups in total. The Morgan fingerprint density at radius 1 is 1.29 bits per heavy atom. The Morgan fingerprint density at radius 3 is 2.57 bits per heavy atom. The number of ether oxygens (including phenoxy) is 2. The van der Waals surface area contributed by atoms with E-state index in [9.17, 15) is 22.8 Å². The number of esters is 1. The molecule has 8 heteroatoms. The molecular weight excluding hydrogens is 291 g/mol. The second kappa shape index (κ2) is 7.44. The van der Waals surface area contributed by atoms with Crippen molar-refractivity contribution in [1.29, 1.82) is 0 Å². The summed E-state index contributed by atoms with van der Waals surface area (Å²) in [6, 6.07) is 6.26. The summed E-state index contributed by atoms with van der Waals surface area (Å²) in [6.07, 6.45) is -2.38. The van der Waals surface area contributed by atoms with Crippen molar-refractivity contribution >= 4 is 23.6 Å². The van der Waals surface area contributed by atoms with Crippen LogP contribution in [0.4, 0.5) is 18.9 Å². The summed E-state index contributed by atoms with van der Waals surface area (Å²) in [6.45, 7) is -1.15. The molecule has 0 heterocycles. The summed E-state index contributed by atoms with van der Waals surface area (Å²) in [5.41, 5.74) is 0.677. The van der Waals surface area contributed by atoms with E-state index in [0.29, 0.717) is 5.56 Å². The van der Waals surface area contributed by atoms with Crippen molar-refractivity contribution in [2.45, 2.75) is 6.36 Å². The Morgan fingerprint density at radius 2 is 1.95 bits per heavy atom. The fraction of sp³-hybridized carbons (Fsp3) is 0.231. The molecule has 0 atom stereocenters. The Bertz CT molecular complexity index is 540. The van der Waals surface area contributed by atoms with Gasteiger partial charge in [-0.05, 0) is 17.7 Å². The third kappa shape index (κ3) is 6.57. The van der Waals surface area contributed by atoms with E-state index in [2.05, 4.69) is 14.8 Å². The summed E-state index contributed by atoms with van der Waals surface area (Å²) in [5, 5.41) is 2.26. The van der Waals surface area contributed by atoms with Crippen molar-refractivity contribution in [3.8, 4) is 0 Å². The fourth-order valence-electron chi connectivity index (χ4n) is 1.32. The molecule has 0 aliphatic rings. The van der Waals surface area contributed by atoms with Crippen LogP contribution >= 0.6 is 0 Å². The lowest BCUT2D eigenvalue weighted by atomic mass is 10.1.